The number of alkyl halides is 3. The van der Waals surface area contributed by atoms with Gasteiger partial charge in [0.1, 0.15) is 11.5 Å². The highest BCUT2D eigenvalue weighted by atomic mass is 19.4. The number of rotatable bonds is 2. The van der Waals surface area contributed by atoms with Crippen LogP contribution in [0.3, 0.4) is 0 Å². The quantitative estimate of drug-likeness (QED) is 0.798. The zero-order valence-corrected chi connectivity index (χ0v) is 9.17. The molecule has 1 aromatic carbocycles. The topological polar surface area (TPSA) is 26.3 Å². The summed E-state index contributed by atoms with van der Waals surface area (Å²) in [6.07, 6.45) is -3.37. The second kappa shape index (κ2) is 4.05. The van der Waals surface area contributed by atoms with Crippen molar-refractivity contribution < 1.29 is 22.7 Å². The van der Waals surface area contributed by atoms with Crippen LogP contribution in [-0.4, -0.2) is 12.9 Å². The highest BCUT2D eigenvalue weighted by molar-refractivity contribution is 5.91. The summed E-state index contributed by atoms with van der Waals surface area (Å²) in [5, 5.41) is 0. The molecule has 1 fully saturated rings. The molecule has 1 aliphatic carbocycles. The number of ether oxygens (including phenoxy) is 1. The van der Waals surface area contributed by atoms with Gasteiger partial charge in [0, 0.05) is 17.9 Å². The van der Waals surface area contributed by atoms with E-state index in [4.69, 9.17) is 4.74 Å². The van der Waals surface area contributed by atoms with Crippen molar-refractivity contribution in [3.63, 3.8) is 0 Å². The van der Waals surface area contributed by atoms with E-state index in [1.807, 2.05) is 0 Å². The molecular formula is C12H11F3O2. The summed E-state index contributed by atoms with van der Waals surface area (Å²) in [5.74, 6) is -0.120. The molecule has 1 atom stereocenters. The summed E-state index contributed by atoms with van der Waals surface area (Å²) in [4.78, 5) is 11.3. The van der Waals surface area contributed by atoms with Crippen LogP contribution < -0.4 is 4.74 Å². The van der Waals surface area contributed by atoms with Gasteiger partial charge < -0.3 is 4.74 Å². The first kappa shape index (κ1) is 12.0. The van der Waals surface area contributed by atoms with Gasteiger partial charge in [-0.1, -0.05) is 0 Å². The number of halogens is 3. The number of benzene rings is 1. The van der Waals surface area contributed by atoms with Crippen molar-refractivity contribution in [3.05, 3.63) is 29.3 Å². The van der Waals surface area contributed by atoms with E-state index >= 15 is 0 Å². The van der Waals surface area contributed by atoms with E-state index in [1.54, 1.807) is 0 Å². The van der Waals surface area contributed by atoms with Gasteiger partial charge in [-0.25, -0.2) is 0 Å². The molecule has 0 spiro atoms. The molecule has 2 nitrogen and oxygen atoms in total. The highest BCUT2D eigenvalue weighted by Crippen LogP contribution is 2.41. The molecule has 0 N–H and O–H groups in total. The number of hydrogen-bond donors (Lipinski definition) is 0. The molecule has 0 bridgehead atoms. The van der Waals surface area contributed by atoms with Crippen LogP contribution in [0.5, 0.6) is 5.75 Å². The first-order chi connectivity index (χ1) is 7.93. The van der Waals surface area contributed by atoms with Crippen molar-refractivity contribution in [3.8, 4) is 5.75 Å². The minimum Gasteiger partial charge on any atom is -0.496 e. The molecule has 92 valence electrons. The van der Waals surface area contributed by atoms with Gasteiger partial charge >= 0.3 is 6.18 Å². The van der Waals surface area contributed by atoms with Gasteiger partial charge in [0.25, 0.3) is 0 Å². The van der Waals surface area contributed by atoms with Crippen molar-refractivity contribution in [1.29, 1.82) is 0 Å². The fraction of sp³-hybridized carbons (Fsp3) is 0.417. The molecule has 0 aliphatic heterocycles. The molecule has 1 unspecified atom stereocenters. The molecule has 1 aliphatic rings. The van der Waals surface area contributed by atoms with Gasteiger partial charge in [0.2, 0.25) is 0 Å². The van der Waals surface area contributed by atoms with Gasteiger partial charge in [0.15, 0.2) is 0 Å². The number of carbonyl (C=O) groups is 1. The Morgan fingerprint density at radius 1 is 1.35 bits per heavy atom. The molecule has 17 heavy (non-hydrogen) atoms. The average molecular weight is 244 g/mol. The standard InChI is InChI=1S/C12H11F3O2/c1-17-11-5-2-7(12(13,14)15)6-9(11)8-3-4-10(8)16/h2,5-6,8H,3-4H2,1H3. The van der Waals surface area contributed by atoms with Crippen molar-refractivity contribution >= 4 is 5.78 Å². The predicted octanol–water partition coefficient (Wildman–Crippen LogP) is 3.16. The SMILES string of the molecule is COc1ccc(C(F)(F)F)cc1C1CCC1=O. The third-order valence-electron chi connectivity index (χ3n) is 3.00. The molecule has 0 amide bonds. The molecule has 0 radical (unpaired) electrons. The summed E-state index contributed by atoms with van der Waals surface area (Å²) in [6, 6.07) is 3.25. The van der Waals surface area contributed by atoms with Gasteiger partial charge in [-0.3, -0.25) is 4.79 Å². The first-order valence-corrected chi connectivity index (χ1v) is 5.21. The summed E-state index contributed by atoms with van der Waals surface area (Å²) in [5.41, 5.74) is -0.397. The smallest absolute Gasteiger partial charge is 0.416 e. The zero-order valence-electron chi connectivity index (χ0n) is 9.17. The Morgan fingerprint density at radius 3 is 2.47 bits per heavy atom. The number of methoxy groups -OCH3 is 1. The predicted molar refractivity (Wildman–Crippen MR) is 55.0 cm³/mol. The monoisotopic (exact) mass is 244 g/mol. The Morgan fingerprint density at radius 2 is 2.06 bits per heavy atom. The third-order valence-corrected chi connectivity index (χ3v) is 3.00. The van der Waals surface area contributed by atoms with Crippen LogP contribution >= 0.6 is 0 Å². The van der Waals surface area contributed by atoms with Crippen LogP contribution in [-0.2, 0) is 11.0 Å². The van der Waals surface area contributed by atoms with E-state index < -0.39 is 17.7 Å². The second-order valence-corrected chi connectivity index (χ2v) is 4.01. The van der Waals surface area contributed by atoms with Crippen LogP contribution in [0.25, 0.3) is 0 Å². The van der Waals surface area contributed by atoms with Crippen molar-refractivity contribution in [2.24, 2.45) is 0 Å². The van der Waals surface area contributed by atoms with Crippen molar-refractivity contribution in [2.75, 3.05) is 7.11 Å². The lowest BCUT2D eigenvalue weighted by atomic mass is 9.78. The van der Waals surface area contributed by atoms with Crippen LogP contribution in [0.1, 0.15) is 29.9 Å². The normalized spacial score (nSPS) is 20.0. The Labute approximate surface area is 96.4 Å². The van der Waals surface area contributed by atoms with E-state index in [9.17, 15) is 18.0 Å². The van der Waals surface area contributed by atoms with E-state index in [-0.39, 0.29) is 5.78 Å². The largest absolute Gasteiger partial charge is 0.496 e. The molecule has 1 aromatic rings. The molecule has 5 heteroatoms. The molecule has 0 aromatic heterocycles. The molecular weight excluding hydrogens is 233 g/mol. The van der Waals surface area contributed by atoms with Gasteiger partial charge in [-0.15, -0.1) is 0 Å². The Balaban J connectivity index is 2.43. The Hall–Kier alpha value is -1.52. The maximum Gasteiger partial charge on any atom is 0.416 e. The van der Waals surface area contributed by atoms with Crippen LogP contribution in [0, 0.1) is 0 Å². The number of ketones is 1. The fourth-order valence-electron chi connectivity index (χ4n) is 1.92. The maximum absolute atomic E-state index is 12.6. The third kappa shape index (κ3) is 2.14. The number of Topliss-reactive ketones (excluding diaryl/α,β-unsaturated/α-hetero) is 1. The van der Waals surface area contributed by atoms with Gasteiger partial charge in [0.05, 0.1) is 12.7 Å². The summed E-state index contributed by atoms with van der Waals surface area (Å²) < 4.78 is 42.7. The van der Waals surface area contributed by atoms with Crippen molar-refractivity contribution in [1.82, 2.24) is 0 Å². The lowest BCUT2D eigenvalue weighted by Crippen LogP contribution is -2.24. The number of hydrogen-bond acceptors (Lipinski definition) is 2. The summed E-state index contributed by atoms with van der Waals surface area (Å²) in [6.45, 7) is 0. The van der Waals surface area contributed by atoms with Crippen LogP contribution in [0.15, 0.2) is 18.2 Å². The summed E-state index contributed by atoms with van der Waals surface area (Å²) >= 11 is 0. The lowest BCUT2D eigenvalue weighted by Gasteiger charge is -2.26. The van der Waals surface area contributed by atoms with E-state index in [0.29, 0.717) is 24.2 Å². The fourth-order valence-corrected chi connectivity index (χ4v) is 1.92. The molecule has 0 saturated heterocycles. The minimum absolute atomic E-state index is 0.0253. The first-order valence-electron chi connectivity index (χ1n) is 5.21. The van der Waals surface area contributed by atoms with E-state index in [1.165, 1.54) is 13.2 Å². The summed E-state index contributed by atoms with van der Waals surface area (Å²) in [7, 11) is 1.38. The van der Waals surface area contributed by atoms with Crippen molar-refractivity contribution in [2.45, 2.75) is 24.9 Å². The second-order valence-electron chi connectivity index (χ2n) is 4.01. The molecule has 0 heterocycles. The number of carbonyl (C=O) groups excluding carboxylic acids is 1. The maximum atomic E-state index is 12.6. The Bertz CT molecular complexity index is 452. The van der Waals surface area contributed by atoms with Crippen LogP contribution in [0.2, 0.25) is 0 Å². The molecule has 1 saturated carbocycles. The van der Waals surface area contributed by atoms with Gasteiger partial charge in [-0.05, 0) is 24.6 Å². The molecule has 2 rings (SSSR count). The highest BCUT2D eigenvalue weighted by Gasteiger charge is 2.36. The zero-order chi connectivity index (χ0) is 12.6. The lowest BCUT2D eigenvalue weighted by molar-refractivity contribution is -0.138. The van der Waals surface area contributed by atoms with E-state index in [2.05, 4.69) is 0 Å². The minimum atomic E-state index is -4.40. The average Bonchev–Trinajstić information content (AvgIpc) is 2.26. The Kier molecular flexibility index (Phi) is 2.85. The van der Waals surface area contributed by atoms with Crippen LogP contribution in [0.4, 0.5) is 13.2 Å². The van der Waals surface area contributed by atoms with E-state index in [0.717, 1.165) is 12.1 Å². The van der Waals surface area contributed by atoms with Gasteiger partial charge in [-0.2, -0.15) is 13.2 Å².